The van der Waals surface area contributed by atoms with Crippen molar-refractivity contribution in [2.45, 2.75) is 26.4 Å². The number of nitrogens with zero attached hydrogens (tertiary/aromatic N) is 4. The largest absolute Gasteiger partial charge is 0.480 e. The summed E-state index contributed by atoms with van der Waals surface area (Å²) in [6, 6.07) is 0.000115. The Balaban J connectivity index is 2.85. The molecule has 0 aromatic carbocycles. The Morgan fingerprint density at radius 3 is 2.78 bits per heavy atom. The average Bonchev–Trinajstić information content (AvgIpc) is 2.72. The number of hydrogen-bond acceptors (Lipinski definition) is 4. The van der Waals surface area contributed by atoms with Crippen LogP contribution in [-0.2, 0) is 11.3 Å². The van der Waals surface area contributed by atoms with Crippen molar-refractivity contribution in [3.63, 3.8) is 0 Å². The van der Waals surface area contributed by atoms with Gasteiger partial charge < -0.3 is 10.0 Å². The maximum atomic E-state index is 12.1. The summed E-state index contributed by atoms with van der Waals surface area (Å²) < 4.78 is 1.11. The zero-order valence-corrected chi connectivity index (χ0v) is 10.4. The Labute approximate surface area is 105 Å². The van der Waals surface area contributed by atoms with Crippen LogP contribution < -0.4 is 0 Å². The van der Waals surface area contributed by atoms with Crippen molar-refractivity contribution in [3.05, 3.63) is 24.5 Å². The van der Waals surface area contributed by atoms with E-state index in [1.807, 2.05) is 13.8 Å². The van der Waals surface area contributed by atoms with Crippen molar-refractivity contribution < 1.29 is 14.7 Å². The van der Waals surface area contributed by atoms with Crippen LogP contribution in [0.2, 0.25) is 0 Å². The Hall–Kier alpha value is -2.18. The van der Waals surface area contributed by atoms with E-state index >= 15 is 0 Å². The number of carboxylic acids is 1. The van der Waals surface area contributed by atoms with Crippen LogP contribution in [0, 0.1) is 0 Å². The van der Waals surface area contributed by atoms with E-state index in [9.17, 15) is 9.59 Å². The fraction of sp³-hybridized carbons (Fsp3) is 0.455. The van der Waals surface area contributed by atoms with E-state index in [1.165, 1.54) is 6.20 Å². The zero-order chi connectivity index (χ0) is 13.7. The van der Waals surface area contributed by atoms with E-state index in [2.05, 4.69) is 16.9 Å². The van der Waals surface area contributed by atoms with Crippen molar-refractivity contribution in [1.82, 2.24) is 19.9 Å². The van der Waals surface area contributed by atoms with Crippen LogP contribution in [0.25, 0.3) is 0 Å². The number of aliphatic carboxylic acids is 1. The first-order valence-corrected chi connectivity index (χ1v) is 5.49. The van der Waals surface area contributed by atoms with Crippen LogP contribution in [0.4, 0.5) is 0 Å². The minimum absolute atomic E-state index is 0.000115. The molecule has 0 spiro atoms. The second kappa shape index (κ2) is 5.95. The molecular weight excluding hydrogens is 236 g/mol. The molecule has 1 aromatic rings. The lowest BCUT2D eigenvalue weighted by Crippen LogP contribution is -2.37. The molecule has 18 heavy (non-hydrogen) atoms. The normalized spacial score (nSPS) is 10.4. The first kappa shape index (κ1) is 13.9. The molecule has 7 nitrogen and oxygen atoms in total. The van der Waals surface area contributed by atoms with Crippen LogP contribution >= 0.6 is 0 Å². The number of aromatic nitrogens is 3. The smallest absolute Gasteiger partial charge is 0.325 e. The average molecular weight is 252 g/mol. The van der Waals surface area contributed by atoms with Gasteiger partial charge in [0.25, 0.3) is 5.91 Å². The van der Waals surface area contributed by atoms with Crippen molar-refractivity contribution in [2.24, 2.45) is 0 Å². The van der Waals surface area contributed by atoms with Gasteiger partial charge in [0.15, 0.2) is 5.69 Å². The molecular formula is C11H16N4O3. The lowest BCUT2D eigenvalue weighted by atomic mass is 10.2. The Morgan fingerprint density at radius 2 is 2.28 bits per heavy atom. The molecule has 7 heteroatoms. The van der Waals surface area contributed by atoms with E-state index in [4.69, 9.17) is 5.11 Å². The number of amides is 1. The summed E-state index contributed by atoms with van der Waals surface area (Å²) >= 11 is 0. The number of carbonyl (C=O) groups excluding carboxylic acids is 1. The first-order chi connectivity index (χ1) is 8.45. The number of rotatable bonds is 6. The molecule has 0 aliphatic carbocycles. The third-order valence-corrected chi connectivity index (χ3v) is 2.27. The van der Waals surface area contributed by atoms with Crippen molar-refractivity contribution in [2.75, 3.05) is 6.54 Å². The van der Waals surface area contributed by atoms with Crippen LogP contribution in [-0.4, -0.2) is 49.5 Å². The zero-order valence-electron chi connectivity index (χ0n) is 10.4. The predicted molar refractivity (Wildman–Crippen MR) is 64.0 cm³/mol. The Kier molecular flexibility index (Phi) is 4.59. The summed E-state index contributed by atoms with van der Waals surface area (Å²) in [4.78, 5) is 24.2. The van der Waals surface area contributed by atoms with Crippen molar-refractivity contribution >= 4 is 11.9 Å². The summed E-state index contributed by atoms with van der Waals surface area (Å²) in [5, 5.41) is 15.9. The van der Waals surface area contributed by atoms with Gasteiger partial charge in [-0.15, -0.1) is 11.7 Å². The Bertz CT molecular complexity index is 453. The van der Waals surface area contributed by atoms with E-state index in [-0.39, 0.29) is 24.2 Å². The molecule has 0 unspecified atom stereocenters. The van der Waals surface area contributed by atoms with Gasteiger partial charge in [-0.2, -0.15) is 0 Å². The topological polar surface area (TPSA) is 88.3 Å². The quantitative estimate of drug-likeness (QED) is 0.740. The van der Waals surface area contributed by atoms with Crippen LogP contribution in [0.15, 0.2) is 18.9 Å². The van der Waals surface area contributed by atoms with E-state index < -0.39 is 5.97 Å². The molecule has 0 bridgehead atoms. The van der Waals surface area contributed by atoms with Gasteiger partial charge in [-0.1, -0.05) is 11.3 Å². The molecule has 1 heterocycles. The van der Waals surface area contributed by atoms with Gasteiger partial charge in [0, 0.05) is 12.6 Å². The summed E-state index contributed by atoms with van der Waals surface area (Å²) in [5.74, 6) is -1.33. The molecule has 0 saturated carbocycles. The maximum absolute atomic E-state index is 12.1. The monoisotopic (exact) mass is 252 g/mol. The summed E-state index contributed by atoms with van der Waals surface area (Å²) in [6.45, 7) is 7.44. The molecule has 0 radical (unpaired) electrons. The van der Waals surface area contributed by atoms with Gasteiger partial charge in [-0.25, -0.2) is 4.68 Å². The predicted octanol–water partition coefficient (Wildman–Crippen LogP) is 0.399. The lowest BCUT2D eigenvalue weighted by Gasteiger charge is -2.24. The minimum Gasteiger partial charge on any atom is -0.480 e. The summed E-state index contributed by atoms with van der Waals surface area (Å²) in [5.41, 5.74) is 0.131. The van der Waals surface area contributed by atoms with Crippen molar-refractivity contribution in [1.29, 1.82) is 0 Å². The fourth-order valence-electron chi connectivity index (χ4n) is 1.43. The lowest BCUT2D eigenvalue weighted by molar-refractivity contribution is -0.137. The second-order valence-corrected chi connectivity index (χ2v) is 4.04. The van der Waals surface area contributed by atoms with Gasteiger partial charge in [0.05, 0.1) is 6.20 Å². The Morgan fingerprint density at radius 1 is 1.61 bits per heavy atom. The molecule has 1 amide bonds. The standard InChI is InChI=1S/C11H16N4O3/c1-4-5-15(8(2)3)11(18)9-6-14(13-12-9)7-10(16)17/h4,6,8H,1,5,7H2,2-3H3,(H,16,17). The highest BCUT2D eigenvalue weighted by atomic mass is 16.4. The highest BCUT2D eigenvalue weighted by Gasteiger charge is 2.20. The van der Waals surface area contributed by atoms with Gasteiger partial charge in [0.1, 0.15) is 6.54 Å². The van der Waals surface area contributed by atoms with Gasteiger partial charge in [-0.05, 0) is 13.8 Å². The molecule has 0 fully saturated rings. The maximum Gasteiger partial charge on any atom is 0.325 e. The van der Waals surface area contributed by atoms with E-state index in [0.717, 1.165) is 4.68 Å². The molecule has 1 aromatic heterocycles. The molecule has 1 N–H and O–H groups in total. The molecule has 0 aliphatic heterocycles. The third kappa shape index (κ3) is 3.41. The number of carboxylic acid groups (broad SMARTS) is 1. The summed E-state index contributed by atoms with van der Waals surface area (Å²) in [7, 11) is 0. The van der Waals surface area contributed by atoms with Crippen LogP contribution in [0.5, 0.6) is 0 Å². The second-order valence-electron chi connectivity index (χ2n) is 4.04. The highest BCUT2D eigenvalue weighted by Crippen LogP contribution is 2.05. The van der Waals surface area contributed by atoms with Gasteiger partial charge in [-0.3, -0.25) is 9.59 Å². The van der Waals surface area contributed by atoms with Gasteiger partial charge >= 0.3 is 5.97 Å². The fourth-order valence-corrected chi connectivity index (χ4v) is 1.43. The molecule has 98 valence electrons. The SMILES string of the molecule is C=CCN(C(=O)c1cn(CC(=O)O)nn1)C(C)C. The van der Waals surface area contributed by atoms with Crippen LogP contribution in [0.1, 0.15) is 24.3 Å². The first-order valence-electron chi connectivity index (χ1n) is 5.49. The van der Waals surface area contributed by atoms with Gasteiger partial charge in [0.2, 0.25) is 0 Å². The van der Waals surface area contributed by atoms with Crippen molar-refractivity contribution in [3.8, 4) is 0 Å². The summed E-state index contributed by atoms with van der Waals surface area (Å²) in [6.07, 6.45) is 2.95. The van der Waals surface area contributed by atoms with E-state index in [1.54, 1.807) is 11.0 Å². The van der Waals surface area contributed by atoms with E-state index in [0.29, 0.717) is 6.54 Å². The number of hydrogen-bond donors (Lipinski definition) is 1. The third-order valence-electron chi connectivity index (χ3n) is 2.27. The number of carbonyl (C=O) groups is 2. The van der Waals surface area contributed by atoms with Crippen LogP contribution in [0.3, 0.4) is 0 Å². The minimum atomic E-state index is -1.04. The highest BCUT2D eigenvalue weighted by molar-refractivity contribution is 5.92. The molecule has 0 aliphatic rings. The molecule has 0 atom stereocenters. The molecule has 0 saturated heterocycles. The molecule has 1 rings (SSSR count).